The molecule has 3 aromatic heterocycles. The number of furan rings is 2. The summed E-state index contributed by atoms with van der Waals surface area (Å²) in [7, 11) is 0. The van der Waals surface area contributed by atoms with Gasteiger partial charge in [0.25, 0.3) is 0 Å². The summed E-state index contributed by atoms with van der Waals surface area (Å²) in [5, 5.41) is 9.30. The lowest BCUT2D eigenvalue weighted by Gasteiger charge is -2.26. The molecule has 0 spiro atoms. The molecule has 9 aromatic carbocycles. The highest BCUT2D eigenvalue weighted by Crippen LogP contribution is 2.49. The standard InChI is InChI=1S/C52H31NO2S/c1-2-12-32(13-3-1)33-24-26-34(27-25-33)53(35-28-29-38-37-15-7-9-23-48(37)56-49(38)30-35)43-19-11-22-46-52(43)51-39-16-5-4-14-36(39)42(31-47(51)55-46)40-18-10-21-45-50(40)41-17-6-8-20-44(41)54-45/h1-31H. The second kappa shape index (κ2) is 12.2. The van der Waals surface area contributed by atoms with Gasteiger partial charge >= 0.3 is 0 Å². The molecule has 0 amide bonds. The van der Waals surface area contributed by atoms with Crippen LogP contribution >= 0.6 is 11.3 Å². The number of para-hydroxylation sites is 1. The predicted octanol–water partition coefficient (Wildman–Crippen LogP) is 15.8. The first kappa shape index (κ1) is 31.2. The average Bonchev–Trinajstić information content (AvgIpc) is 3.95. The summed E-state index contributed by atoms with van der Waals surface area (Å²) in [5.74, 6) is 0. The van der Waals surface area contributed by atoms with Crippen LogP contribution in [-0.2, 0) is 0 Å². The molecule has 0 bridgehead atoms. The highest BCUT2D eigenvalue weighted by Gasteiger charge is 2.24. The second-order valence-electron chi connectivity index (χ2n) is 14.4. The van der Waals surface area contributed by atoms with Crippen LogP contribution < -0.4 is 4.90 Å². The topological polar surface area (TPSA) is 29.5 Å². The van der Waals surface area contributed by atoms with Gasteiger partial charge in [-0.15, -0.1) is 11.3 Å². The van der Waals surface area contributed by atoms with E-state index in [9.17, 15) is 0 Å². The van der Waals surface area contributed by atoms with Gasteiger partial charge in [-0.2, -0.15) is 0 Å². The van der Waals surface area contributed by atoms with Crippen molar-refractivity contribution >= 4 is 103 Å². The zero-order valence-electron chi connectivity index (χ0n) is 30.1. The summed E-state index contributed by atoms with van der Waals surface area (Å²) in [6.45, 7) is 0. The van der Waals surface area contributed by atoms with Crippen molar-refractivity contribution in [3.63, 3.8) is 0 Å². The number of thiophene rings is 1. The Balaban J connectivity index is 1.12. The lowest BCUT2D eigenvalue weighted by molar-refractivity contribution is 0.668. The third-order valence-electron chi connectivity index (χ3n) is 11.3. The smallest absolute Gasteiger partial charge is 0.137 e. The van der Waals surface area contributed by atoms with Crippen molar-refractivity contribution in [1.29, 1.82) is 0 Å². The molecule has 0 unspecified atom stereocenters. The fraction of sp³-hybridized carbons (Fsp3) is 0. The van der Waals surface area contributed by atoms with Crippen molar-refractivity contribution in [1.82, 2.24) is 0 Å². The maximum absolute atomic E-state index is 6.91. The fourth-order valence-corrected chi connectivity index (χ4v) is 9.92. The quantitative estimate of drug-likeness (QED) is 0.176. The van der Waals surface area contributed by atoms with E-state index in [2.05, 4.69) is 181 Å². The average molecular weight is 734 g/mol. The van der Waals surface area contributed by atoms with Gasteiger partial charge in [-0.1, -0.05) is 127 Å². The Kier molecular flexibility index (Phi) is 6.80. The number of anilines is 3. The van der Waals surface area contributed by atoms with Crippen molar-refractivity contribution in [3.8, 4) is 22.3 Å². The van der Waals surface area contributed by atoms with E-state index in [1.54, 1.807) is 0 Å². The lowest BCUT2D eigenvalue weighted by atomic mass is 9.92. The first-order chi connectivity index (χ1) is 27.8. The fourth-order valence-electron chi connectivity index (χ4n) is 8.79. The molecular weight excluding hydrogens is 703 g/mol. The number of benzene rings is 9. The molecular formula is C52H31NO2S. The predicted molar refractivity (Wildman–Crippen MR) is 237 cm³/mol. The molecule has 12 aromatic rings. The molecule has 0 aliphatic rings. The van der Waals surface area contributed by atoms with E-state index in [0.29, 0.717) is 0 Å². The van der Waals surface area contributed by atoms with Gasteiger partial charge in [0.1, 0.15) is 22.3 Å². The van der Waals surface area contributed by atoms with Gasteiger partial charge in [0.2, 0.25) is 0 Å². The van der Waals surface area contributed by atoms with Crippen molar-refractivity contribution in [3.05, 3.63) is 188 Å². The van der Waals surface area contributed by atoms with Crippen LogP contribution in [0, 0.1) is 0 Å². The van der Waals surface area contributed by atoms with Crippen LogP contribution in [-0.4, -0.2) is 0 Å². The Morgan fingerprint density at radius 1 is 0.339 bits per heavy atom. The highest BCUT2D eigenvalue weighted by molar-refractivity contribution is 7.25. The van der Waals surface area contributed by atoms with Crippen molar-refractivity contribution in [2.24, 2.45) is 0 Å². The van der Waals surface area contributed by atoms with E-state index >= 15 is 0 Å². The molecule has 3 heterocycles. The molecule has 0 aliphatic heterocycles. The Morgan fingerprint density at radius 3 is 1.82 bits per heavy atom. The second-order valence-corrected chi connectivity index (χ2v) is 15.5. The van der Waals surface area contributed by atoms with Crippen molar-refractivity contribution in [2.75, 3.05) is 4.90 Å². The van der Waals surface area contributed by atoms with Gasteiger partial charge in [0.05, 0.1) is 11.1 Å². The van der Waals surface area contributed by atoms with Gasteiger partial charge in [-0.05, 0) is 93.7 Å². The summed E-state index contributed by atoms with van der Waals surface area (Å²) >= 11 is 1.84. The van der Waals surface area contributed by atoms with Gasteiger partial charge in [-0.25, -0.2) is 0 Å². The molecule has 56 heavy (non-hydrogen) atoms. The minimum atomic E-state index is 0.848. The summed E-state index contributed by atoms with van der Waals surface area (Å²) in [5.41, 5.74) is 11.3. The summed E-state index contributed by atoms with van der Waals surface area (Å²) in [6.07, 6.45) is 0. The van der Waals surface area contributed by atoms with Crippen LogP contribution in [0.3, 0.4) is 0 Å². The summed E-state index contributed by atoms with van der Waals surface area (Å²) < 4.78 is 15.8. The van der Waals surface area contributed by atoms with Gasteiger partial charge in [0, 0.05) is 47.7 Å². The molecule has 0 aliphatic carbocycles. The van der Waals surface area contributed by atoms with Gasteiger partial charge in [-0.3, -0.25) is 0 Å². The van der Waals surface area contributed by atoms with E-state index in [1.807, 2.05) is 23.5 Å². The van der Waals surface area contributed by atoms with Gasteiger partial charge < -0.3 is 13.7 Å². The number of nitrogens with zero attached hydrogens (tertiary/aromatic N) is 1. The highest BCUT2D eigenvalue weighted by atomic mass is 32.1. The van der Waals surface area contributed by atoms with Crippen molar-refractivity contribution < 1.29 is 8.83 Å². The zero-order chi connectivity index (χ0) is 36.7. The Labute approximate surface area is 325 Å². The van der Waals surface area contributed by atoms with Crippen LogP contribution in [0.1, 0.15) is 0 Å². The largest absolute Gasteiger partial charge is 0.456 e. The molecule has 262 valence electrons. The molecule has 0 fully saturated rings. The number of hydrogen-bond donors (Lipinski definition) is 0. The molecule has 12 rings (SSSR count). The Bertz CT molecular complexity index is 3480. The number of rotatable bonds is 5. The van der Waals surface area contributed by atoms with Crippen LogP contribution in [0.15, 0.2) is 197 Å². The maximum Gasteiger partial charge on any atom is 0.137 e. The van der Waals surface area contributed by atoms with E-state index in [1.165, 1.54) is 36.7 Å². The summed E-state index contributed by atoms with van der Waals surface area (Å²) in [6, 6.07) is 67.2. The first-order valence-electron chi connectivity index (χ1n) is 18.9. The minimum Gasteiger partial charge on any atom is -0.456 e. The number of fused-ring (bicyclic) bond motifs is 11. The lowest BCUT2D eigenvalue weighted by Crippen LogP contribution is -2.10. The van der Waals surface area contributed by atoms with E-state index < -0.39 is 0 Å². The normalized spacial score (nSPS) is 11.9. The third kappa shape index (κ3) is 4.70. The molecule has 0 atom stereocenters. The molecule has 3 nitrogen and oxygen atoms in total. The molecule has 0 radical (unpaired) electrons. The van der Waals surface area contributed by atoms with E-state index in [-0.39, 0.29) is 0 Å². The van der Waals surface area contributed by atoms with Crippen LogP contribution in [0.4, 0.5) is 17.1 Å². The van der Waals surface area contributed by atoms with E-state index in [4.69, 9.17) is 8.83 Å². The molecule has 0 N–H and O–H groups in total. The summed E-state index contributed by atoms with van der Waals surface area (Å²) in [4.78, 5) is 2.40. The SMILES string of the molecule is c1ccc(-c2ccc(N(c3ccc4c(c3)sc3ccccc34)c3cccc4oc5cc(-c6cccc7oc8ccccc8c67)c6ccccc6c5c34)cc2)cc1. The Morgan fingerprint density at radius 2 is 0.964 bits per heavy atom. The van der Waals surface area contributed by atoms with Gasteiger partial charge in [0.15, 0.2) is 0 Å². The van der Waals surface area contributed by atoms with Crippen LogP contribution in [0.25, 0.3) is 97.1 Å². The maximum atomic E-state index is 6.91. The third-order valence-corrected chi connectivity index (χ3v) is 12.4. The van der Waals surface area contributed by atoms with Crippen molar-refractivity contribution in [2.45, 2.75) is 0 Å². The van der Waals surface area contributed by atoms with Crippen LogP contribution in [0.5, 0.6) is 0 Å². The zero-order valence-corrected chi connectivity index (χ0v) is 30.9. The monoisotopic (exact) mass is 733 g/mol. The minimum absolute atomic E-state index is 0.848. The molecule has 0 saturated carbocycles. The first-order valence-corrected chi connectivity index (χ1v) is 19.7. The molecule has 4 heteroatoms. The molecule has 0 saturated heterocycles. The number of hydrogen-bond acceptors (Lipinski definition) is 4. The van der Waals surface area contributed by atoms with Crippen LogP contribution in [0.2, 0.25) is 0 Å². The van der Waals surface area contributed by atoms with E-state index in [0.717, 1.165) is 77.5 Å². The Hall–Kier alpha value is -7.14.